The van der Waals surface area contributed by atoms with E-state index in [0.29, 0.717) is 12.0 Å². The second-order valence-corrected chi connectivity index (χ2v) is 8.12. The van der Waals surface area contributed by atoms with Crippen molar-refractivity contribution in [2.45, 2.75) is 45.2 Å². The van der Waals surface area contributed by atoms with E-state index >= 15 is 0 Å². The van der Waals surface area contributed by atoms with Gasteiger partial charge in [0.25, 0.3) is 0 Å². The molecule has 0 saturated carbocycles. The Balaban J connectivity index is 1.62. The Bertz CT molecular complexity index is 508. The Hall–Kier alpha value is -0.910. The minimum Gasteiger partial charge on any atom is -0.351 e. The van der Waals surface area contributed by atoms with Crippen LogP contribution >= 0.6 is 11.3 Å². The Morgan fingerprint density at radius 1 is 1.43 bits per heavy atom. The largest absolute Gasteiger partial charge is 0.351 e. The van der Waals surface area contributed by atoms with Crippen molar-refractivity contribution in [3.63, 3.8) is 0 Å². The molecular weight excluding hydrogens is 306 g/mol. The summed E-state index contributed by atoms with van der Waals surface area (Å²) in [5.41, 5.74) is 1.57. The van der Waals surface area contributed by atoms with E-state index in [1.165, 1.54) is 31.5 Å². The number of hydrogen-bond donors (Lipinski definition) is 1. The van der Waals surface area contributed by atoms with Gasteiger partial charge in [-0.3, -0.25) is 9.69 Å². The summed E-state index contributed by atoms with van der Waals surface area (Å²) < 4.78 is 0. The first-order chi connectivity index (χ1) is 11.1. The molecule has 1 amide bonds. The Morgan fingerprint density at radius 2 is 2.22 bits per heavy atom. The standard InChI is InChI=1S/C18H29N3OS/c1-3-7-21-14-18(5-8-20(2)9-6-18)11-16(21)17(22)19-12-15-4-10-23-13-15/h4,10,13,16H,3,5-9,11-12,14H2,1-2H3,(H,19,22)/t16-/m1/s1. The Morgan fingerprint density at radius 3 is 2.87 bits per heavy atom. The molecule has 4 nitrogen and oxygen atoms in total. The number of thiophene rings is 1. The summed E-state index contributed by atoms with van der Waals surface area (Å²) in [5, 5.41) is 7.33. The van der Waals surface area contributed by atoms with E-state index in [4.69, 9.17) is 0 Å². The van der Waals surface area contributed by atoms with E-state index < -0.39 is 0 Å². The summed E-state index contributed by atoms with van der Waals surface area (Å²) in [5.74, 6) is 0.223. The average molecular weight is 336 g/mol. The first kappa shape index (κ1) is 16.9. The number of rotatable bonds is 5. The molecule has 5 heteroatoms. The number of hydrogen-bond acceptors (Lipinski definition) is 4. The fourth-order valence-electron chi connectivity index (χ4n) is 4.08. The zero-order valence-electron chi connectivity index (χ0n) is 14.4. The van der Waals surface area contributed by atoms with Gasteiger partial charge in [0.2, 0.25) is 5.91 Å². The van der Waals surface area contributed by atoms with Crippen molar-refractivity contribution in [3.8, 4) is 0 Å². The predicted octanol–water partition coefficient (Wildman–Crippen LogP) is 2.56. The van der Waals surface area contributed by atoms with Crippen LogP contribution in [0.4, 0.5) is 0 Å². The topological polar surface area (TPSA) is 35.6 Å². The van der Waals surface area contributed by atoms with E-state index in [1.807, 2.05) is 0 Å². The lowest BCUT2D eigenvalue weighted by Crippen LogP contribution is -2.43. The fourth-order valence-corrected chi connectivity index (χ4v) is 4.75. The fraction of sp³-hybridized carbons (Fsp3) is 0.722. The van der Waals surface area contributed by atoms with Gasteiger partial charge >= 0.3 is 0 Å². The van der Waals surface area contributed by atoms with E-state index in [0.717, 1.165) is 25.9 Å². The number of likely N-dealkylation sites (tertiary alicyclic amines) is 2. The molecular formula is C18H29N3OS. The van der Waals surface area contributed by atoms with Gasteiger partial charge in [0.05, 0.1) is 6.04 Å². The van der Waals surface area contributed by atoms with Gasteiger partial charge in [-0.05, 0) is 80.2 Å². The van der Waals surface area contributed by atoms with Crippen LogP contribution in [0.15, 0.2) is 16.8 Å². The summed E-state index contributed by atoms with van der Waals surface area (Å²) in [6.45, 7) is 7.35. The van der Waals surface area contributed by atoms with Gasteiger partial charge in [0.15, 0.2) is 0 Å². The van der Waals surface area contributed by atoms with Crippen molar-refractivity contribution in [2.75, 3.05) is 33.2 Å². The molecule has 2 aliphatic heterocycles. The van der Waals surface area contributed by atoms with Crippen molar-refractivity contribution >= 4 is 17.2 Å². The highest BCUT2D eigenvalue weighted by Gasteiger charge is 2.47. The zero-order chi connectivity index (χ0) is 16.3. The lowest BCUT2D eigenvalue weighted by Gasteiger charge is -2.37. The van der Waals surface area contributed by atoms with Gasteiger partial charge in [-0.2, -0.15) is 11.3 Å². The van der Waals surface area contributed by atoms with Crippen LogP contribution in [0.5, 0.6) is 0 Å². The SMILES string of the molecule is CCCN1CC2(CCN(C)CC2)C[C@@H]1C(=O)NCc1ccsc1. The first-order valence-electron chi connectivity index (χ1n) is 8.83. The highest BCUT2D eigenvalue weighted by Crippen LogP contribution is 2.43. The van der Waals surface area contributed by atoms with Gasteiger partial charge in [-0.1, -0.05) is 6.92 Å². The predicted molar refractivity (Wildman–Crippen MR) is 95.6 cm³/mol. The van der Waals surface area contributed by atoms with Gasteiger partial charge in [-0.15, -0.1) is 0 Å². The molecule has 1 spiro atoms. The van der Waals surface area contributed by atoms with Crippen molar-refractivity contribution < 1.29 is 4.79 Å². The maximum atomic E-state index is 12.8. The van der Waals surface area contributed by atoms with Crippen LogP contribution in [0.1, 0.15) is 38.2 Å². The minimum absolute atomic E-state index is 0.0667. The molecule has 23 heavy (non-hydrogen) atoms. The molecule has 1 N–H and O–H groups in total. The maximum absolute atomic E-state index is 12.8. The molecule has 0 radical (unpaired) electrons. The van der Waals surface area contributed by atoms with Crippen LogP contribution in [-0.4, -0.2) is 55.0 Å². The average Bonchev–Trinajstić information content (AvgIpc) is 3.17. The zero-order valence-corrected chi connectivity index (χ0v) is 15.2. The number of amides is 1. The summed E-state index contributed by atoms with van der Waals surface area (Å²) in [6.07, 6.45) is 4.62. The third-order valence-corrected chi connectivity index (χ3v) is 6.25. The third-order valence-electron chi connectivity index (χ3n) is 5.51. The smallest absolute Gasteiger partial charge is 0.237 e. The van der Waals surface area contributed by atoms with Crippen molar-refractivity contribution in [2.24, 2.45) is 5.41 Å². The van der Waals surface area contributed by atoms with Crippen LogP contribution in [0.2, 0.25) is 0 Å². The molecule has 1 aromatic rings. The van der Waals surface area contributed by atoms with Crippen molar-refractivity contribution in [3.05, 3.63) is 22.4 Å². The molecule has 1 atom stereocenters. The van der Waals surface area contributed by atoms with Crippen LogP contribution in [0.3, 0.4) is 0 Å². The number of carbonyl (C=O) groups excluding carboxylic acids is 1. The normalized spacial score (nSPS) is 25.0. The molecule has 128 valence electrons. The molecule has 2 fully saturated rings. The first-order valence-corrected chi connectivity index (χ1v) is 9.77. The van der Waals surface area contributed by atoms with Crippen LogP contribution in [-0.2, 0) is 11.3 Å². The lowest BCUT2D eigenvalue weighted by molar-refractivity contribution is -0.125. The van der Waals surface area contributed by atoms with Gasteiger partial charge in [-0.25, -0.2) is 0 Å². The summed E-state index contributed by atoms with van der Waals surface area (Å²) in [6, 6.07) is 2.15. The Kier molecular flexibility index (Phi) is 5.39. The van der Waals surface area contributed by atoms with E-state index in [-0.39, 0.29) is 11.9 Å². The highest BCUT2D eigenvalue weighted by atomic mass is 32.1. The van der Waals surface area contributed by atoms with Gasteiger partial charge in [0, 0.05) is 13.1 Å². The summed E-state index contributed by atoms with van der Waals surface area (Å²) in [4.78, 5) is 17.6. The van der Waals surface area contributed by atoms with E-state index in [1.54, 1.807) is 11.3 Å². The monoisotopic (exact) mass is 335 g/mol. The maximum Gasteiger partial charge on any atom is 0.237 e. The van der Waals surface area contributed by atoms with Crippen LogP contribution in [0, 0.1) is 5.41 Å². The molecule has 0 unspecified atom stereocenters. The minimum atomic E-state index is 0.0667. The second kappa shape index (κ2) is 7.32. The molecule has 3 rings (SSSR count). The molecule has 3 heterocycles. The highest BCUT2D eigenvalue weighted by molar-refractivity contribution is 7.07. The molecule has 0 bridgehead atoms. The third kappa shape index (κ3) is 3.95. The molecule has 0 aromatic carbocycles. The Labute approximate surface area is 143 Å². The second-order valence-electron chi connectivity index (χ2n) is 7.34. The van der Waals surface area contributed by atoms with E-state index in [9.17, 15) is 4.79 Å². The molecule has 2 saturated heterocycles. The van der Waals surface area contributed by atoms with Gasteiger partial charge < -0.3 is 10.2 Å². The number of nitrogens with one attached hydrogen (secondary N) is 1. The number of nitrogens with zero attached hydrogens (tertiary/aromatic N) is 2. The van der Waals surface area contributed by atoms with E-state index in [2.05, 4.69) is 45.9 Å². The summed E-state index contributed by atoms with van der Waals surface area (Å²) >= 11 is 1.68. The molecule has 1 aromatic heterocycles. The lowest BCUT2D eigenvalue weighted by atomic mass is 9.76. The molecule has 0 aliphatic carbocycles. The summed E-state index contributed by atoms with van der Waals surface area (Å²) in [7, 11) is 2.21. The van der Waals surface area contributed by atoms with Crippen molar-refractivity contribution in [1.82, 2.24) is 15.1 Å². The quantitative estimate of drug-likeness (QED) is 0.898. The van der Waals surface area contributed by atoms with Crippen LogP contribution in [0.25, 0.3) is 0 Å². The molecule has 2 aliphatic rings. The van der Waals surface area contributed by atoms with Crippen molar-refractivity contribution in [1.29, 1.82) is 0 Å². The number of piperidine rings is 1. The van der Waals surface area contributed by atoms with Gasteiger partial charge in [0.1, 0.15) is 0 Å². The number of carbonyl (C=O) groups is 1. The van der Waals surface area contributed by atoms with Crippen LogP contribution < -0.4 is 5.32 Å².